The summed E-state index contributed by atoms with van der Waals surface area (Å²) in [4.78, 5) is 18.2. The van der Waals surface area contributed by atoms with Crippen molar-refractivity contribution >= 4 is 49.6 Å². The van der Waals surface area contributed by atoms with Gasteiger partial charge in [-0.05, 0) is 23.6 Å². The maximum Gasteiger partial charge on any atom is 0.284 e. The Bertz CT molecular complexity index is 907. The van der Waals surface area contributed by atoms with E-state index < -0.39 is 0 Å². The first-order chi connectivity index (χ1) is 11.3. The number of amides is 1. The molecule has 3 heterocycles. The molecule has 3 aromatic rings. The van der Waals surface area contributed by atoms with Crippen LogP contribution in [0.2, 0.25) is 0 Å². The van der Waals surface area contributed by atoms with Crippen LogP contribution in [-0.2, 0) is 4.79 Å². The van der Waals surface area contributed by atoms with E-state index in [0.717, 1.165) is 15.1 Å². The van der Waals surface area contributed by atoms with E-state index in [1.165, 1.54) is 16.3 Å². The number of rotatable bonds is 3. The molecule has 1 amide bonds. The predicted molar refractivity (Wildman–Crippen MR) is 95.1 cm³/mol. The largest absolute Gasteiger partial charge is 0.393 e. The van der Waals surface area contributed by atoms with Crippen LogP contribution in [0.3, 0.4) is 0 Å². The lowest BCUT2D eigenvalue weighted by atomic mass is 10.1. The van der Waals surface area contributed by atoms with Crippen molar-refractivity contribution in [2.45, 2.75) is 0 Å². The summed E-state index contributed by atoms with van der Waals surface area (Å²) in [6.45, 7) is 0. The molecule has 7 heteroatoms. The molecule has 114 valence electrons. The molecule has 1 N–H and O–H groups in total. The van der Waals surface area contributed by atoms with Gasteiger partial charge in [0.05, 0.1) is 20.7 Å². The van der Waals surface area contributed by atoms with Gasteiger partial charge in [-0.2, -0.15) is 10.1 Å². The lowest BCUT2D eigenvalue weighted by Gasteiger charge is -2.06. The van der Waals surface area contributed by atoms with Gasteiger partial charge in [-0.25, -0.2) is 4.98 Å². The minimum atomic E-state index is -0.165. The Morgan fingerprint density at radius 3 is 2.83 bits per heavy atom. The molecular weight excluding hydrogens is 328 g/mol. The van der Waals surface area contributed by atoms with Gasteiger partial charge in [0.15, 0.2) is 0 Å². The minimum absolute atomic E-state index is 0.165. The molecule has 0 atom stereocenters. The number of carbonyl (C=O) groups excluding carboxylic acids is 1. The van der Waals surface area contributed by atoms with Crippen molar-refractivity contribution in [3.63, 3.8) is 0 Å². The zero-order valence-corrected chi connectivity index (χ0v) is 13.8. The zero-order valence-electron chi connectivity index (χ0n) is 12.2. The van der Waals surface area contributed by atoms with E-state index in [9.17, 15) is 4.79 Å². The standard InChI is InChI=1S/C16H12N4OS2/c1-17-9-10-14(13-7-4-8-22-13)19-20(15(10)21)16-18-11-5-2-3-6-12(11)23-16/h2-9,17H,1H3/b10-9+. The van der Waals surface area contributed by atoms with Crippen molar-refractivity contribution in [2.24, 2.45) is 5.10 Å². The Morgan fingerprint density at radius 1 is 1.22 bits per heavy atom. The maximum absolute atomic E-state index is 12.8. The average molecular weight is 340 g/mol. The molecule has 0 spiro atoms. The van der Waals surface area contributed by atoms with Gasteiger partial charge in [0.25, 0.3) is 5.91 Å². The number of para-hydroxylation sites is 1. The van der Waals surface area contributed by atoms with Crippen LogP contribution >= 0.6 is 22.7 Å². The molecule has 0 aliphatic carbocycles. The number of aromatic nitrogens is 1. The van der Waals surface area contributed by atoms with Crippen LogP contribution in [0.5, 0.6) is 0 Å². The highest BCUT2D eigenvalue weighted by atomic mass is 32.1. The smallest absolute Gasteiger partial charge is 0.284 e. The number of thiazole rings is 1. The van der Waals surface area contributed by atoms with Crippen LogP contribution in [0.15, 0.2) is 58.7 Å². The highest BCUT2D eigenvalue weighted by Crippen LogP contribution is 2.33. The van der Waals surface area contributed by atoms with Crippen molar-refractivity contribution in [1.82, 2.24) is 10.3 Å². The Balaban J connectivity index is 1.82. The zero-order chi connectivity index (χ0) is 15.8. The van der Waals surface area contributed by atoms with Crippen LogP contribution in [0.1, 0.15) is 4.88 Å². The molecule has 0 fully saturated rings. The van der Waals surface area contributed by atoms with Crippen LogP contribution in [-0.4, -0.2) is 23.7 Å². The van der Waals surface area contributed by atoms with Crippen LogP contribution in [0.4, 0.5) is 5.13 Å². The first-order valence-electron chi connectivity index (χ1n) is 6.98. The summed E-state index contributed by atoms with van der Waals surface area (Å²) < 4.78 is 1.04. The van der Waals surface area contributed by atoms with E-state index in [-0.39, 0.29) is 5.91 Å². The maximum atomic E-state index is 12.8. The first kappa shape index (κ1) is 14.1. The normalized spacial score (nSPS) is 16.4. The number of benzene rings is 1. The number of hydrogen-bond acceptors (Lipinski definition) is 6. The van der Waals surface area contributed by atoms with Crippen LogP contribution < -0.4 is 10.3 Å². The number of nitrogens with zero attached hydrogens (tertiary/aromatic N) is 3. The molecule has 0 unspecified atom stereocenters. The summed E-state index contributed by atoms with van der Waals surface area (Å²) in [7, 11) is 1.77. The first-order valence-corrected chi connectivity index (χ1v) is 8.68. The highest BCUT2D eigenvalue weighted by molar-refractivity contribution is 7.22. The van der Waals surface area contributed by atoms with Gasteiger partial charge >= 0.3 is 0 Å². The van der Waals surface area contributed by atoms with Crippen molar-refractivity contribution < 1.29 is 4.79 Å². The Morgan fingerprint density at radius 2 is 2.09 bits per heavy atom. The second-order valence-electron chi connectivity index (χ2n) is 4.85. The van der Waals surface area contributed by atoms with E-state index in [1.807, 2.05) is 41.8 Å². The molecule has 0 saturated carbocycles. The third kappa shape index (κ3) is 2.34. The molecule has 23 heavy (non-hydrogen) atoms. The van der Waals surface area contributed by atoms with E-state index >= 15 is 0 Å². The van der Waals surface area contributed by atoms with Crippen molar-refractivity contribution in [3.8, 4) is 0 Å². The molecule has 1 aliphatic rings. The fourth-order valence-electron chi connectivity index (χ4n) is 2.36. The predicted octanol–water partition coefficient (Wildman–Crippen LogP) is 3.21. The summed E-state index contributed by atoms with van der Waals surface area (Å²) in [5, 5.41) is 11.4. The topological polar surface area (TPSA) is 57.6 Å². The fraction of sp³-hybridized carbons (Fsp3) is 0.0625. The van der Waals surface area contributed by atoms with Gasteiger partial charge in [-0.15, -0.1) is 11.3 Å². The summed E-state index contributed by atoms with van der Waals surface area (Å²) in [6.07, 6.45) is 1.69. The molecular formula is C16H12N4OS2. The van der Waals surface area contributed by atoms with Crippen molar-refractivity contribution in [3.05, 3.63) is 58.4 Å². The molecule has 0 saturated heterocycles. The lowest BCUT2D eigenvalue weighted by molar-refractivity contribution is -0.114. The molecule has 1 aromatic carbocycles. The van der Waals surface area contributed by atoms with Gasteiger partial charge < -0.3 is 5.32 Å². The SMILES string of the molecule is CN/C=C1/C(=O)N(c2nc3ccccc3s2)N=C1c1cccs1. The summed E-state index contributed by atoms with van der Waals surface area (Å²) in [5.41, 5.74) is 2.10. The Kier molecular flexibility index (Phi) is 3.44. The number of thiophene rings is 1. The number of carbonyl (C=O) groups is 1. The average Bonchev–Trinajstić information content (AvgIpc) is 3.27. The number of nitrogens with one attached hydrogen (secondary N) is 1. The summed E-state index contributed by atoms with van der Waals surface area (Å²) in [6, 6.07) is 11.7. The summed E-state index contributed by atoms with van der Waals surface area (Å²) >= 11 is 3.02. The molecule has 2 aromatic heterocycles. The molecule has 0 bridgehead atoms. The Hall–Kier alpha value is -2.51. The van der Waals surface area contributed by atoms with E-state index in [0.29, 0.717) is 16.4 Å². The fourth-order valence-corrected chi connectivity index (χ4v) is 4.00. The number of anilines is 1. The quantitative estimate of drug-likeness (QED) is 0.745. The summed E-state index contributed by atoms with van der Waals surface area (Å²) in [5.74, 6) is -0.165. The molecule has 0 radical (unpaired) electrons. The lowest BCUT2D eigenvalue weighted by Crippen LogP contribution is -2.22. The van der Waals surface area contributed by atoms with Crippen LogP contribution in [0, 0.1) is 0 Å². The third-order valence-electron chi connectivity index (χ3n) is 3.38. The second kappa shape index (κ2) is 5.60. The Labute approximate surface area is 140 Å². The van der Waals surface area contributed by atoms with Crippen LogP contribution in [0.25, 0.3) is 10.2 Å². The van der Waals surface area contributed by atoms with E-state index in [4.69, 9.17) is 0 Å². The van der Waals surface area contributed by atoms with E-state index in [1.54, 1.807) is 24.6 Å². The third-order valence-corrected chi connectivity index (χ3v) is 5.27. The molecule has 4 rings (SSSR count). The second-order valence-corrected chi connectivity index (χ2v) is 6.81. The van der Waals surface area contributed by atoms with E-state index in [2.05, 4.69) is 15.4 Å². The minimum Gasteiger partial charge on any atom is -0.393 e. The molecule has 1 aliphatic heterocycles. The monoisotopic (exact) mass is 340 g/mol. The van der Waals surface area contributed by atoms with Gasteiger partial charge in [0, 0.05) is 13.2 Å². The molecule has 5 nitrogen and oxygen atoms in total. The van der Waals surface area contributed by atoms with Gasteiger partial charge in [0.2, 0.25) is 5.13 Å². The highest BCUT2D eigenvalue weighted by Gasteiger charge is 2.34. The van der Waals surface area contributed by atoms with Gasteiger partial charge in [0.1, 0.15) is 5.71 Å². The van der Waals surface area contributed by atoms with Crippen molar-refractivity contribution in [1.29, 1.82) is 0 Å². The number of hydrogen-bond donors (Lipinski definition) is 1. The number of fused-ring (bicyclic) bond motifs is 1. The van der Waals surface area contributed by atoms with Gasteiger partial charge in [-0.3, -0.25) is 4.79 Å². The van der Waals surface area contributed by atoms with Crippen molar-refractivity contribution in [2.75, 3.05) is 12.1 Å². The number of hydrazone groups is 1. The van der Waals surface area contributed by atoms with Gasteiger partial charge in [-0.1, -0.05) is 29.5 Å².